The highest BCUT2D eigenvalue weighted by molar-refractivity contribution is 5.71. The van der Waals surface area contributed by atoms with Gasteiger partial charge in [-0.2, -0.15) is 0 Å². The molecule has 0 aliphatic rings. The molecule has 1 atom stereocenters. The second-order valence-corrected chi connectivity index (χ2v) is 20.2. The topological polar surface area (TPSA) is 78.9 Å². The minimum Gasteiger partial charge on any atom is -0.462 e. The molecule has 6 nitrogen and oxygen atoms in total. The van der Waals surface area contributed by atoms with Crippen molar-refractivity contribution in [3.63, 3.8) is 0 Å². The van der Waals surface area contributed by atoms with Crippen LogP contribution in [-0.2, 0) is 28.6 Å². The summed E-state index contributed by atoms with van der Waals surface area (Å²) in [5, 5.41) is 0. The maximum atomic E-state index is 12.9. The molecule has 0 saturated carbocycles. The number of ether oxygens (including phenoxy) is 3. The fraction of sp³-hybridized carbons (Fsp3) is 0.691. The van der Waals surface area contributed by atoms with Crippen LogP contribution in [0.2, 0.25) is 0 Å². The van der Waals surface area contributed by atoms with Gasteiger partial charge in [-0.1, -0.05) is 291 Å². The van der Waals surface area contributed by atoms with E-state index in [0.29, 0.717) is 19.3 Å². The number of unbranched alkanes of at least 4 members (excludes halogenated alkanes) is 26. The van der Waals surface area contributed by atoms with Gasteiger partial charge in [-0.05, 0) is 83.5 Å². The van der Waals surface area contributed by atoms with Crippen LogP contribution in [0.15, 0.2) is 109 Å². The summed E-state index contributed by atoms with van der Waals surface area (Å²) < 4.78 is 16.8. The maximum Gasteiger partial charge on any atom is 0.306 e. The third-order valence-corrected chi connectivity index (χ3v) is 13.0. The van der Waals surface area contributed by atoms with E-state index in [1.807, 2.05) is 0 Å². The molecular formula is C68H114O6. The van der Waals surface area contributed by atoms with Gasteiger partial charge in [0.1, 0.15) is 13.2 Å². The molecular weight excluding hydrogens is 913 g/mol. The van der Waals surface area contributed by atoms with Crippen LogP contribution >= 0.6 is 0 Å². The summed E-state index contributed by atoms with van der Waals surface area (Å²) in [5.74, 6) is -0.949. The van der Waals surface area contributed by atoms with E-state index in [2.05, 4.69) is 130 Å². The maximum absolute atomic E-state index is 12.9. The molecule has 422 valence electrons. The number of allylic oxidation sites excluding steroid dienone is 18. The van der Waals surface area contributed by atoms with E-state index in [1.54, 1.807) is 0 Å². The first-order valence-electron chi connectivity index (χ1n) is 30.9. The van der Waals surface area contributed by atoms with Crippen LogP contribution < -0.4 is 0 Å². The number of hydrogen-bond acceptors (Lipinski definition) is 6. The van der Waals surface area contributed by atoms with Crippen LogP contribution in [0.3, 0.4) is 0 Å². The highest BCUT2D eigenvalue weighted by Gasteiger charge is 2.19. The molecule has 0 aliphatic carbocycles. The fourth-order valence-corrected chi connectivity index (χ4v) is 8.44. The average molecular weight is 1030 g/mol. The molecule has 0 spiro atoms. The molecule has 0 aromatic rings. The zero-order valence-electron chi connectivity index (χ0n) is 48.3. The summed E-state index contributed by atoms with van der Waals surface area (Å²) in [5.41, 5.74) is 0. The average Bonchev–Trinajstić information content (AvgIpc) is 3.40. The Bertz CT molecular complexity index is 1510. The number of esters is 3. The van der Waals surface area contributed by atoms with Gasteiger partial charge >= 0.3 is 17.9 Å². The van der Waals surface area contributed by atoms with Crippen molar-refractivity contribution in [1.82, 2.24) is 0 Å². The van der Waals surface area contributed by atoms with Crippen molar-refractivity contribution in [3.05, 3.63) is 109 Å². The number of rotatable bonds is 55. The summed E-state index contributed by atoms with van der Waals surface area (Å²) >= 11 is 0. The van der Waals surface area contributed by atoms with Crippen molar-refractivity contribution in [2.45, 2.75) is 290 Å². The van der Waals surface area contributed by atoms with Crippen molar-refractivity contribution in [2.24, 2.45) is 0 Å². The molecule has 0 N–H and O–H groups in total. The molecule has 0 aromatic heterocycles. The van der Waals surface area contributed by atoms with Crippen molar-refractivity contribution < 1.29 is 28.6 Å². The minimum absolute atomic E-state index is 0.0929. The van der Waals surface area contributed by atoms with Crippen molar-refractivity contribution in [3.8, 4) is 0 Å². The summed E-state index contributed by atoms with van der Waals surface area (Å²) in [6.45, 7) is 6.49. The second-order valence-electron chi connectivity index (χ2n) is 20.2. The smallest absolute Gasteiger partial charge is 0.306 e. The van der Waals surface area contributed by atoms with Crippen LogP contribution in [0, 0.1) is 0 Å². The first-order chi connectivity index (χ1) is 36.5. The largest absolute Gasteiger partial charge is 0.462 e. The van der Waals surface area contributed by atoms with Gasteiger partial charge in [0.15, 0.2) is 6.10 Å². The first-order valence-corrected chi connectivity index (χ1v) is 30.9. The Morgan fingerprint density at radius 1 is 0.284 bits per heavy atom. The third-order valence-electron chi connectivity index (χ3n) is 13.0. The molecule has 0 rings (SSSR count). The van der Waals surface area contributed by atoms with Gasteiger partial charge < -0.3 is 14.2 Å². The second kappa shape index (κ2) is 61.6. The van der Waals surface area contributed by atoms with E-state index >= 15 is 0 Å². The normalized spacial score (nSPS) is 12.9. The Hall–Kier alpha value is -3.93. The molecule has 0 heterocycles. The lowest BCUT2D eigenvalue weighted by molar-refractivity contribution is -0.167. The van der Waals surface area contributed by atoms with Gasteiger partial charge in [-0.15, -0.1) is 0 Å². The van der Waals surface area contributed by atoms with Crippen LogP contribution in [0.1, 0.15) is 284 Å². The molecule has 0 saturated heterocycles. The Balaban J connectivity index is 4.38. The summed E-state index contributed by atoms with van der Waals surface area (Å²) in [6.07, 6.45) is 83.8. The zero-order valence-corrected chi connectivity index (χ0v) is 48.3. The quantitative estimate of drug-likeness (QED) is 0.0261. The van der Waals surface area contributed by atoms with E-state index in [0.717, 1.165) is 103 Å². The molecule has 0 bridgehead atoms. The van der Waals surface area contributed by atoms with E-state index in [1.165, 1.54) is 135 Å². The minimum atomic E-state index is -0.799. The standard InChI is InChI=1S/C68H114O6/c1-4-7-10-13-16-19-22-24-26-28-29-30-31-32-33-34-35-36-37-38-39-40-42-43-46-49-52-55-58-61-67(70)73-64-65(63-72-66(69)60-57-54-51-48-45-21-18-15-12-9-6-3)74-68(71)62-59-56-53-50-47-44-41-27-25-23-20-17-14-11-8-5-2/h7,10,16,19,24,26,29-30,32-33,35-36,38-39,42-43,49,52,65H,4-6,8-9,11-15,17-18,20-23,25,27-28,31,34,37,40-41,44-48,50-51,53-64H2,1-3H3/b10-7-,19-16-,26-24-,30-29-,33-32-,36-35-,39-38-,43-42-,52-49-. The van der Waals surface area contributed by atoms with Gasteiger partial charge in [0, 0.05) is 19.3 Å². The van der Waals surface area contributed by atoms with Gasteiger partial charge in [0.05, 0.1) is 0 Å². The molecule has 0 amide bonds. The van der Waals surface area contributed by atoms with E-state index in [9.17, 15) is 14.4 Å². The van der Waals surface area contributed by atoms with Crippen molar-refractivity contribution in [2.75, 3.05) is 13.2 Å². The van der Waals surface area contributed by atoms with Crippen molar-refractivity contribution in [1.29, 1.82) is 0 Å². The fourth-order valence-electron chi connectivity index (χ4n) is 8.44. The molecule has 0 aromatic carbocycles. The molecule has 0 radical (unpaired) electrons. The van der Waals surface area contributed by atoms with Crippen LogP contribution in [0.25, 0.3) is 0 Å². The lowest BCUT2D eigenvalue weighted by Crippen LogP contribution is -2.30. The van der Waals surface area contributed by atoms with Gasteiger partial charge in [-0.25, -0.2) is 0 Å². The number of hydrogen-bond donors (Lipinski definition) is 0. The number of carbonyl (C=O) groups excluding carboxylic acids is 3. The predicted octanol–water partition coefficient (Wildman–Crippen LogP) is 21.0. The highest BCUT2D eigenvalue weighted by Crippen LogP contribution is 2.16. The van der Waals surface area contributed by atoms with Crippen molar-refractivity contribution >= 4 is 17.9 Å². The molecule has 0 fully saturated rings. The van der Waals surface area contributed by atoms with Gasteiger partial charge in [0.2, 0.25) is 0 Å². The lowest BCUT2D eigenvalue weighted by Gasteiger charge is -2.18. The Morgan fingerprint density at radius 2 is 0.527 bits per heavy atom. The molecule has 0 aliphatic heterocycles. The van der Waals surface area contributed by atoms with Crippen LogP contribution in [0.5, 0.6) is 0 Å². The van der Waals surface area contributed by atoms with E-state index < -0.39 is 6.10 Å². The Labute approximate surface area is 457 Å². The number of carbonyl (C=O) groups is 3. The highest BCUT2D eigenvalue weighted by atomic mass is 16.6. The van der Waals surface area contributed by atoms with Crippen LogP contribution in [-0.4, -0.2) is 37.2 Å². The van der Waals surface area contributed by atoms with E-state index in [-0.39, 0.29) is 37.5 Å². The predicted molar refractivity (Wildman–Crippen MR) is 320 cm³/mol. The van der Waals surface area contributed by atoms with E-state index in [4.69, 9.17) is 14.2 Å². The Morgan fingerprint density at radius 3 is 0.824 bits per heavy atom. The SMILES string of the molecule is CC/C=C\C/C=C\C/C=C\C/C=C\C/C=C\C/C=C\C/C=C\C/C=C\C/C=C\CCCC(=O)OCC(COC(=O)CCCCCCCCCCCCC)OC(=O)CCCCCCCCCCCCCCCCCC. The third kappa shape index (κ3) is 59.0. The molecule has 6 heteroatoms. The summed E-state index contributed by atoms with van der Waals surface area (Å²) in [7, 11) is 0. The van der Waals surface area contributed by atoms with Gasteiger partial charge in [-0.3, -0.25) is 14.4 Å². The Kier molecular flexibility index (Phi) is 58.3. The zero-order chi connectivity index (χ0) is 53.6. The monoisotopic (exact) mass is 1030 g/mol. The first kappa shape index (κ1) is 70.1. The van der Waals surface area contributed by atoms with Gasteiger partial charge in [0.25, 0.3) is 0 Å². The summed E-state index contributed by atoms with van der Waals surface area (Å²) in [6, 6.07) is 0. The summed E-state index contributed by atoms with van der Waals surface area (Å²) in [4.78, 5) is 38.1. The molecule has 1 unspecified atom stereocenters. The molecule has 74 heavy (non-hydrogen) atoms. The van der Waals surface area contributed by atoms with Crippen LogP contribution in [0.4, 0.5) is 0 Å². The lowest BCUT2D eigenvalue weighted by atomic mass is 10.0.